The average Bonchev–Trinajstić information content (AvgIpc) is 3.25. The first-order valence-electron chi connectivity index (χ1n) is 18.8. The van der Waals surface area contributed by atoms with Gasteiger partial charge < -0.3 is 0 Å². The van der Waals surface area contributed by atoms with E-state index in [9.17, 15) is 0 Å². The second-order valence-corrected chi connectivity index (χ2v) is 14.3. The van der Waals surface area contributed by atoms with Crippen LogP contribution in [-0.2, 0) is 0 Å². The SMILES string of the molecule is c1ccc(-c2cccc3c2ccc2ccccc23)c(-c2cc3ccccc3c(-c3cccc4ccccc34)c2-c2cccc3c2ccc2ccccc23)c1. The molecule has 0 saturated carbocycles. The molecule has 0 spiro atoms. The molecule has 0 unspecified atom stereocenters. The maximum atomic E-state index is 2.44. The maximum absolute atomic E-state index is 2.44. The van der Waals surface area contributed by atoms with E-state index in [0.717, 1.165) is 0 Å². The molecule has 11 aromatic carbocycles. The Bertz CT molecular complexity index is 3270. The van der Waals surface area contributed by atoms with Crippen LogP contribution in [0.1, 0.15) is 0 Å². The highest BCUT2D eigenvalue weighted by molar-refractivity contribution is 6.21. The van der Waals surface area contributed by atoms with Gasteiger partial charge in [-0.1, -0.05) is 200 Å². The molecule has 0 aromatic heterocycles. The molecule has 11 rings (SSSR count). The fourth-order valence-electron chi connectivity index (χ4n) is 9.05. The maximum Gasteiger partial charge on any atom is -0.00137 e. The topological polar surface area (TPSA) is 0 Å². The molecule has 0 amide bonds. The minimum Gasteiger partial charge on any atom is -0.0616 e. The molecule has 11 aromatic rings. The van der Waals surface area contributed by atoms with Crippen LogP contribution in [0.2, 0.25) is 0 Å². The third kappa shape index (κ3) is 4.71. The van der Waals surface area contributed by atoms with Crippen LogP contribution in [0.3, 0.4) is 0 Å². The predicted octanol–water partition coefficient (Wildman–Crippen LogP) is 15.3. The summed E-state index contributed by atoms with van der Waals surface area (Å²) >= 11 is 0. The van der Waals surface area contributed by atoms with E-state index in [1.807, 2.05) is 0 Å². The molecule has 54 heavy (non-hydrogen) atoms. The van der Waals surface area contributed by atoms with Gasteiger partial charge in [-0.15, -0.1) is 0 Å². The van der Waals surface area contributed by atoms with Crippen molar-refractivity contribution in [3.8, 4) is 44.5 Å². The predicted molar refractivity (Wildman–Crippen MR) is 233 cm³/mol. The largest absolute Gasteiger partial charge is 0.0616 e. The van der Waals surface area contributed by atoms with Crippen LogP contribution >= 0.6 is 0 Å². The van der Waals surface area contributed by atoms with Crippen molar-refractivity contribution in [3.05, 3.63) is 206 Å². The van der Waals surface area contributed by atoms with E-state index in [2.05, 4.69) is 206 Å². The van der Waals surface area contributed by atoms with Crippen molar-refractivity contribution in [1.29, 1.82) is 0 Å². The van der Waals surface area contributed by atoms with Gasteiger partial charge in [-0.2, -0.15) is 0 Å². The molecule has 0 atom stereocenters. The highest BCUT2D eigenvalue weighted by Gasteiger charge is 2.23. The lowest BCUT2D eigenvalue weighted by Gasteiger charge is -2.23. The zero-order valence-electron chi connectivity index (χ0n) is 29.6. The summed E-state index contributed by atoms with van der Waals surface area (Å²) in [4.78, 5) is 0. The van der Waals surface area contributed by atoms with Gasteiger partial charge in [0, 0.05) is 0 Å². The smallest absolute Gasteiger partial charge is 0.00137 e. The number of benzene rings is 11. The van der Waals surface area contributed by atoms with Crippen LogP contribution in [0.4, 0.5) is 0 Å². The standard InChI is InChI=1S/C54H34/c1-7-21-41-35(14-1)18-11-28-50(41)53-42-22-8-4-17-38(42)34-52(54(53)51-29-13-26-44-40-20-6-3-16-37(40)31-33-49(44)51)47-24-10-9-23-45(47)46-27-12-25-43-39-19-5-2-15-36(39)30-32-48(43)46/h1-34H. The average molecular weight is 683 g/mol. The number of fused-ring (bicyclic) bond motifs is 8. The van der Waals surface area contributed by atoms with E-state index in [4.69, 9.17) is 0 Å². The van der Waals surface area contributed by atoms with Gasteiger partial charge in [0.15, 0.2) is 0 Å². The highest BCUT2D eigenvalue weighted by atomic mass is 14.3. The van der Waals surface area contributed by atoms with Gasteiger partial charge in [0.2, 0.25) is 0 Å². The lowest BCUT2D eigenvalue weighted by molar-refractivity contribution is 1.60. The van der Waals surface area contributed by atoms with Crippen molar-refractivity contribution in [2.45, 2.75) is 0 Å². The van der Waals surface area contributed by atoms with Gasteiger partial charge >= 0.3 is 0 Å². The van der Waals surface area contributed by atoms with Gasteiger partial charge in [-0.25, -0.2) is 0 Å². The van der Waals surface area contributed by atoms with Crippen molar-refractivity contribution in [3.63, 3.8) is 0 Å². The summed E-state index contributed by atoms with van der Waals surface area (Å²) in [6.07, 6.45) is 0. The van der Waals surface area contributed by atoms with Crippen molar-refractivity contribution < 1.29 is 0 Å². The molecule has 0 heterocycles. The van der Waals surface area contributed by atoms with Gasteiger partial charge in [-0.3, -0.25) is 0 Å². The quantitative estimate of drug-likeness (QED) is 0.162. The number of rotatable bonds is 4. The van der Waals surface area contributed by atoms with Crippen molar-refractivity contribution in [2.75, 3.05) is 0 Å². The van der Waals surface area contributed by atoms with Crippen LogP contribution in [0.5, 0.6) is 0 Å². The van der Waals surface area contributed by atoms with E-state index < -0.39 is 0 Å². The van der Waals surface area contributed by atoms with Crippen LogP contribution in [-0.4, -0.2) is 0 Å². The third-order valence-corrected chi connectivity index (χ3v) is 11.5. The molecule has 0 aliphatic rings. The van der Waals surface area contributed by atoms with Gasteiger partial charge in [0.1, 0.15) is 0 Å². The Morgan fingerprint density at radius 1 is 0.167 bits per heavy atom. The zero-order chi connectivity index (χ0) is 35.6. The third-order valence-electron chi connectivity index (χ3n) is 11.5. The molecular formula is C54H34. The van der Waals surface area contributed by atoms with Crippen LogP contribution < -0.4 is 0 Å². The molecule has 0 aliphatic heterocycles. The molecule has 0 radical (unpaired) electrons. The number of hydrogen-bond acceptors (Lipinski definition) is 0. The second kappa shape index (κ2) is 12.3. The Morgan fingerprint density at radius 2 is 0.556 bits per heavy atom. The Hall–Kier alpha value is -7.02. The molecule has 250 valence electrons. The summed E-state index contributed by atoms with van der Waals surface area (Å²) in [5, 5.41) is 15.1. The Morgan fingerprint density at radius 3 is 1.20 bits per heavy atom. The van der Waals surface area contributed by atoms with E-state index in [1.165, 1.54) is 109 Å². The summed E-state index contributed by atoms with van der Waals surface area (Å²) in [7, 11) is 0. The minimum atomic E-state index is 1.22. The first-order valence-corrected chi connectivity index (χ1v) is 18.8. The number of hydrogen-bond donors (Lipinski definition) is 0. The highest BCUT2D eigenvalue weighted by Crippen LogP contribution is 2.50. The van der Waals surface area contributed by atoms with Gasteiger partial charge in [0.05, 0.1) is 0 Å². The van der Waals surface area contributed by atoms with Crippen LogP contribution in [0, 0.1) is 0 Å². The van der Waals surface area contributed by atoms with E-state index >= 15 is 0 Å². The summed E-state index contributed by atoms with van der Waals surface area (Å²) in [5.41, 5.74) is 9.91. The van der Waals surface area contributed by atoms with Crippen LogP contribution in [0.25, 0.3) is 109 Å². The second-order valence-electron chi connectivity index (χ2n) is 14.3. The summed E-state index contributed by atoms with van der Waals surface area (Å²) < 4.78 is 0. The lowest BCUT2D eigenvalue weighted by Crippen LogP contribution is -1.96. The summed E-state index contributed by atoms with van der Waals surface area (Å²) in [6.45, 7) is 0. The summed E-state index contributed by atoms with van der Waals surface area (Å²) in [5.74, 6) is 0. The first kappa shape index (κ1) is 30.6. The zero-order valence-corrected chi connectivity index (χ0v) is 29.6. The van der Waals surface area contributed by atoms with E-state index in [0.29, 0.717) is 0 Å². The summed E-state index contributed by atoms with van der Waals surface area (Å²) in [6, 6.07) is 76.3. The fourth-order valence-corrected chi connectivity index (χ4v) is 9.05. The van der Waals surface area contributed by atoms with E-state index in [-0.39, 0.29) is 0 Å². The Balaban J connectivity index is 1.31. The molecule has 0 N–H and O–H groups in total. The lowest BCUT2D eigenvalue weighted by atomic mass is 9.79. The van der Waals surface area contributed by atoms with Crippen molar-refractivity contribution in [1.82, 2.24) is 0 Å². The fraction of sp³-hybridized carbons (Fsp3) is 0. The first-order chi connectivity index (χ1) is 26.8. The molecule has 0 fully saturated rings. The molecule has 0 nitrogen and oxygen atoms in total. The van der Waals surface area contributed by atoms with Gasteiger partial charge in [0.25, 0.3) is 0 Å². The van der Waals surface area contributed by atoms with Gasteiger partial charge in [-0.05, 0) is 115 Å². The normalized spacial score (nSPS) is 11.7. The molecule has 0 heteroatoms. The Labute approximate surface area is 314 Å². The molecule has 0 bridgehead atoms. The monoisotopic (exact) mass is 682 g/mol. The minimum absolute atomic E-state index is 1.22. The van der Waals surface area contributed by atoms with Crippen LogP contribution in [0.15, 0.2) is 206 Å². The molecule has 0 aliphatic carbocycles. The van der Waals surface area contributed by atoms with E-state index in [1.54, 1.807) is 0 Å². The van der Waals surface area contributed by atoms with Crippen molar-refractivity contribution in [2.24, 2.45) is 0 Å². The van der Waals surface area contributed by atoms with Crippen molar-refractivity contribution >= 4 is 64.6 Å². The Kier molecular flexibility index (Phi) is 6.97. The molecular weight excluding hydrogens is 649 g/mol. The molecule has 0 saturated heterocycles.